The lowest BCUT2D eigenvalue weighted by atomic mass is 10.2. The second-order valence-corrected chi connectivity index (χ2v) is 4.25. The van der Waals surface area contributed by atoms with Crippen molar-refractivity contribution >= 4 is 28.5 Å². The maximum Gasteiger partial charge on any atom is 0.374 e. The van der Waals surface area contributed by atoms with Crippen molar-refractivity contribution in [1.82, 2.24) is 4.57 Å². The molecular weight excluding hydrogens is 254 g/mol. The van der Waals surface area contributed by atoms with Crippen LogP contribution in [0.4, 0.5) is 0 Å². The molecule has 1 N–H and O–H groups in total. The zero-order valence-corrected chi connectivity index (χ0v) is 9.89. The van der Waals surface area contributed by atoms with E-state index in [-0.39, 0.29) is 5.76 Å². The lowest BCUT2D eigenvalue weighted by Gasteiger charge is -2.01. The summed E-state index contributed by atoms with van der Waals surface area (Å²) >= 11 is 5.94. The summed E-state index contributed by atoms with van der Waals surface area (Å²) in [6, 6.07) is 8.65. The predicted molar refractivity (Wildman–Crippen MR) is 67.5 cm³/mol. The first-order valence-corrected chi connectivity index (χ1v) is 5.63. The Kier molecular flexibility index (Phi) is 2.38. The van der Waals surface area contributed by atoms with Gasteiger partial charge in [-0.3, -0.25) is 0 Å². The third kappa shape index (κ3) is 1.58. The van der Waals surface area contributed by atoms with Crippen molar-refractivity contribution in [3.8, 4) is 5.69 Å². The summed E-state index contributed by atoms with van der Waals surface area (Å²) in [5.41, 5.74) is 0.991. The van der Waals surface area contributed by atoms with E-state index in [1.807, 2.05) is 12.1 Å². The quantitative estimate of drug-likeness (QED) is 0.767. The normalized spacial score (nSPS) is 10.9. The van der Waals surface area contributed by atoms with Crippen LogP contribution in [0, 0.1) is 0 Å². The zero-order chi connectivity index (χ0) is 12.7. The Balaban J connectivity index is 2.41. The molecule has 0 aliphatic heterocycles. The number of carbonyl (C=O) groups is 1. The number of carboxylic acids is 1. The maximum atomic E-state index is 11.2. The molecule has 18 heavy (non-hydrogen) atoms. The van der Waals surface area contributed by atoms with Crippen molar-refractivity contribution in [2.45, 2.75) is 0 Å². The monoisotopic (exact) mass is 261 g/mol. The predicted octanol–water partition coefficient (Wildman–Crippen LogP) is 3.58. The highest BCUT2D eigenvalue weighted by atomic mass is 35.5. The Labute approximate surface area is 107 Å². The Hall–Kier alpha value is -2.20. The molecule has 0 unspecified atom stereocenters. The molecule has 0 bridgehead atoms. The average Bonchev–Trinajstić information content (AvgIpc) is 2.93. The van der Waals surface area contributed by atoms with Gasteiger partial charge in [0.05, 0.1) is 0 Å². The van der Waals surface area contributed by atoms with Gasteiger partial charge >= 0.3 is 5.97 Å². The molecule has 90 valence electrons. The lowest BCUT2D eigenvalue weighted by Crippen LogP contribution is -2.00. The molecule has 2 heterocycles. The number of benzene rings is 1. The molecule has 0 aliphatic carbocycles. The Morgan fingerprint density at radius 2 is 2.00 bits per heavy atom. The molecule has 0 fully saturated rings. The van der Waals surface area contributed by atoms with Crippen LogP contribution in [0.2, 0.25) is 5.02 Å². The molecule has 0 radical (unpaired) electrons. The van der Waals surface area contributed by atoms with E-state index in [9.17, 15) is 9.90 Å². The average molecular weight is 262 g/mol. The minimum atomic E-state index is -1.11. The highest BCUT2D eigenvalue weighted by molar-refractivity contribution is 6.31. The first-order valence-electron chi connectivity index (χ1n) is 5.25. The molecule has 3 rings (SSSR count). The first-order chi connectivity index (χ1) is 8.66. The minimum Gasteiger partial charge on any atom is -0.475 e. The molecule has 1 aromatic carbocycles. The summed E-state index contributed by atoms with van der Waals surface area (Å²) in [6.07, 6.45) is 3.52. The maximum absolute atomic E-state index is 11.2. The summed E-state index contributed by atoms with van der Waals surface area (Å²) in [6.45, 7) is 0. The summed E-state index contributed by atoms with van der Waals surface area (Å²) in [7, 11) is 0. The van der Waals surface area contributed by atoms with Crippen LogP contribution >= 0.6 is 11.6 Å². The number of aromatic carboxylic acids is 1. The number of aromatic nitrogens is 1. The van der Waals surface area contributed by atoms with Crippen LogP contribution < -0.4 is 0 Å². The van der Waals surface area contributed by atoms with E-state index in [4.69, 9.17) is 16.0 Å². The van der Waals surface area contributed by atoms with E-state index >= 15 is 0 Å². The van der Waals surface area contributed by atoms with Crippen LogP contribution in [0.1, 0.15) is 10.6 Å². The van der Waals surface area contributed by atoms with Gasteiger partial charge in [-0.1, -0.05) is 11.6 Å². The topological polar surface area (TPSA) is 55.4 Å². The van der Waals surface area contributed by atoms with Gasteiger partial charge in [0, 0.05) is 22.8 Å². The zero-order valence-electron chi connectivity index (χ0n) is 9.13. The van der Waals surface area contributed by atoms with Crippen molar-refractivity contribution in [2.75, 3.05) is 0 Å². The van der Waals surface area contributed by atoms with Crippen LogP contribution in [0.3, 0.4) is 0 Å². The van der Waals surface area contributed by atoms with Crippen LogP contribution in [-0.4, -0.2) is 15.6 Å². The lowest BCUT2D eigenvalue weighted by molar-refractivity contribution is 0.0665. The fourth-order valence-electron chi connectivity index (χ4n) is 1.94. The molecular formula is C13H8ClNO3. The molecule has 0 saturated heterocycles. The second kappa shape index (κ2) is 3.92. The van der Waals surface area contributed by atoms with Crippen LogP contribution in [-0.2, 0) is 0 Å². The number of carboxylic acid groups (broad SMARTS) is 1. The van der Waals surface area contributed by atoms with E-state index in [1.54, 1.807) is 35.2 Å². The fourth-order valence-corrected chi connectivity index (χ4v) is 2.11. The number of hydrogen-bond acceptors (Lipinski definition) is 2. The molecule has 0 amide bonds. The van der Waals surface area contributed by atoms with Crippen molar-refractivity contribution in [3.63, 3.8) is 0 Å². The van der Waals surface area contributed by atoms with Gasteiger partial charge in [0.1, 0.15) is 11.3 Å². The summed E-state index contributed by atoms with van der Waals surface area (Å²) in [5, 5.41) is 10.4. The smallest absolute Gasteiger partial charge is 0.374 e. The van der Waals surface area contributed by atoms with Gasteiger partial charge in [0.15, 0.2) is 0 Å². The van der Waals surface area contributed by atoms with Gasteiger partial charge in [-0.2, -0.15) is 0 Å². The summed E-state index contributed by atoms with van der Waals surface area (Å²) < 4.78 is 7.06. The molecule has 0 spiro atoms. The van der Waals surface area contributed by atoms with Gasteiger partial charge in [0.25, 0.3) is 0 Å². The molecule has 4 nitrogen and oxygen atoms in total. The van der Waals surface area contributed by atoms with E-state index in [0.29, 0.717) is 21.7 Å². The molecule has 0 atom stereocenters. The fraction of sp³-hybridized carbons (Fsp3) is 0. The van der Waals surface area contributed by atoms with Crippen molar-refractivity contribution < 1.29 is 14.3 Å². The number of rotatable bonds is 2. The van der Waals surface area contributed by atoms with E-state index in [1.165, 1.54) is 0 Å². The number of hydrogen-bond donors (Lipinski definition) is 1. The standard InChI is InChI=1S/C13H8ClNO3/c14-8-3-4-10-9(7-8)11(12(18-10)13(16)17)15-5-1-2-6-15/h1-7H,(H,16,17). The SMILES string of the molecule is O=C(O)c1oc2ccc(Cl)cc2c1-n1cccc1. The highest BCUT2D eigenvalue weighted by Crippen LogP contribution is 2.31. The number of halogens is 1. The second-order valence-electron chi connectivity index (χ2n) is 3.82. The third-order valence-corrected chi connectivity index (χ3v) is 2.92. The first kappa shape index (κ1) is 10.9. The Morgan fingerprint density at radius 1 is 1.28 bits per heavy atom. The van der Waals surface area contributed by atoms with Gasteiger partial charge < -0.3 is 14.1 Å². The minimum absolute atomic E-state index is 0.0940. The Morgan fingerprint density at radius 3 is 2.67 bits per heavy atom. The van der Waals surface area contributed by atoms with Crippen molar-refractivity contribution in [2.24, 2.45) is 0 Å². The van der Waals surface area contributed by atoms with Gasteiger partial charge in [-0.25, -0.2) is 4.79 Å². The number of furan rings is 1. The van der Waals surface area contributed by atoms with E-state index in [0.717, 1.165) is 0 Å². The van der Waals surface area contributed by atoms with Gasteiger partial charge in [0.2, 0.25) is 5.76 Å². The molecule has 0 aliphatic rings. The number of nitrogens with zero attached hydrogens (tertiary/aromatic N) is 1. The van der Waals surface area contributed by atoms with Crippen molar-refractivity contribution in [3.05, 3.63) is 53.5 Å². The highest BCUT2D eigenvalue weighted by Gasteiger charge is 2.21. The van der Waals surface area contributed by atoms with E-state index in [2.05, 4.69) is 0 Å². The van der Waals surface area contributed by atoms with Crippen LogP contribution in [0.25, 0.3) is 16.7 Å². The van der Waals surface area contributed by atoms with Gasteiger partial charge in [-0.15, -0.1) is 0 Å². The van der Waals surface area contributed by atoms with E-state index < -0.39 is 5.97 Å². The molecule has 0 saturated carbocycles. The van der Waals surface area contributed by atoms with Crippen LogP contribution in [0.5, 0.6) is 0 Å². The Bertz CT molecular complexity index is 728. The molecule has 5 heteroatoms. The third-order valence-electron chi connectivity index (χ3n) is 2.68. The molecule has 3 aromatic rings. The molecule has 2 aromatic heterocycles. The summed E-state index contributed by atoms with van der Waals surface area (Å²) in [5.74, 6) is -1.20. The largest absolute Gasteiger partial charge is 0.475 e. The van der Waals surface area contributed by atoms with Crippen LogP contribution in [0.15, 0.2) is 47.1 Å². The van der Waals surface area contributed by atoms with Gasteiger partial charge in [-0.05, 0) is 30.3 Å². The van der Waals surface area contributed by atoms with Crippen molar-refractivity contribution in [1.29, 1.82) is 0 Å². The number of fused-ring (bicyclic) bond motifs is 1. The summed E-state index contributed by atoms with van der Waals surface area (Å²) in [4.78, 5) is 11.2.